The van der Waals surface area contributed by atoms with E-state index in [2.05, 4.69) is 26.2 Å². The van der Waals surface area contributed by atoms with Gasteiger partial charge in [0.25, 0.3) is 11.5 Å². The molecule has 0 aliphatic carbocycles. The molecule has 0 saturated carbocycles. The first-order chi connectivity index (χ1) is 13.4. The first-order valence-corrected chi connectivity index (χ1v) is 9.68. The van der Waals surface area contributed by atoms with Gasteiger partial charge in [-0.1, -0.05) is 0 Å². The van der Waals surface area contributed by atoms with Crippen molar-refractivity contribution in [2.24, 2.45) is 0 Å². The third-order valence-corrected chi connectivity index (χ3v) is 5.89. The molecular formula is C17H12BrN3O6S. The van der Waals surface area contributed by atoms with Gasteiger partial charge >= 0.3 is 5.97 Å². The van der Waals surface area contributed by atoms with Crippen LogP contribution in [0.1, 0.15) is 21.3 Å². The van der Waals surface area contributed by atoms with Gasteiger partial charge in [0, 0.05) is 10.7 Å². The van der Waals surface area contributed by atoms with Crippen LogP contribution in [-0.4, -0.2) is 44.8 Å². The number of ether oxygens (including phenoxy) is 1. The van der Waals surface area contributed by atoms with Gasteiger partial charge in [0.15, 0.2) is 0 Å². The van der Waals surface area contributed by atoms with Crippen molar-refractivity contribution in [2.75, 3.05) is 13.2 Å². The number of halogens is 1. The molecule has 1 amide bonds. The lowest BCUT2D eigenvalue weighted by molar-refractivity contribution is -0.135. The normalized spacial score (nSPS) is 15.2. The Morgan fingerprint density at radius 1 is 1.43 bits per heavy atom. The molecule has 1 aromatic carbocycles. The number of carbonyl (C=O) groups is 2. The van der Waals surface area contributed by atoms with Crippen LogP contribution in [0.2, 0.25) is 0 Å². The van der Waals surface area contributed by atoms with E-state index in [1.807, 2.05) is 0 Å². The number of amides is 1. The summed E-state index contributed by atoms with van der Waals surface area (Å²) < 4.78 is 7.63. The summed E-state index contributed by atoms with van der Waals surface area (Å²) in [6, 6.07) is 2.75. The highest BCUT2D eigenvalue weighted by Crippen LogP contribution is 2.42. The predicted octanol–water partition coefficient (Wildman–Crippen LogP) is 1.72. The van der Waals surface area contributed by atoms with Crippen LogP contribution in [0.4, 0.5) is 0 Å². The van der Waals surface area contributed by atoms with E-state index in [1.165, 1.54) is 15.9 Å². The van der Waals surface area contributed by atoms with Gasteiger partial charge in [-0.05, 0) is 28.1 Å². The number of pyridine rings is 1. The fourth-order valence-corrected chi connectivity index (χ4v) is 4.37. The number of hydrogen-bond acceptors (Lipinski definition) is 7. The number of nitrogens with one attached hydrogen (secondary N) is 1. The Morgan fingerprint density at radius 2 is 2.21 bits per heavy atom. The molecule has 1 atom stereocenters. The third-order valence-electron chi connectivity index (χ3n) is 4.35. The number of carboxylic acids is 1. The van der Waals surface area contributed by atoms with E-state index in [0.717, 1.165) is 4.88 Å². The zero-order valence-corrected chi connectivity index (χ0v) is 16.4. The summed E-state index contributed by atoms with van der Waals surface area (Å²) in [5.41, 5.74) is 0.697. The Labute approximate surface area is 169 Å². The van der Waals surface area contributed by atoms with Crippen molar-refractivity contribution in [3.8, 4) is 11.5 Å². The molecule has 3 aromatic rings. The van der Waals surface area contributed by atoms with Gasteiger partial charge in [-0.15, -0.1) is 11.3 Å². The Balaban J connectivity index is 2.03. The Hall–Kier alpha value is -2.92. The van der Waals surface area contributed by atoms with E-state index in [1.54, 1.807) is 23.8 Å². The lowest BCUT2D eigenvalue weighted by atomic mass is 10.1. The minimum atomic E-state index is -1.27. The predicted molar refractivity (Wildman–Crippen MR) is 103 cm³/mol. The molecule has 1 aliphatic rings. The molecule has 3 N–H and O–H groups in total. The molecule has 11 heteroatoms. The van der Waals surface area contributed by atoms with Gasteiger partial charge in [-0.2, -0.15) is 0 Å². The first kappa shape index (κ1) is 18.4. The van der Waals surface area contributed by atoms with Crippen molar-refractivity contribution in [1.82, 2.24) is 14.9 Å². The summed E-state index contributed by atoms with van der Waals surface area (Å²) in [6.45, 7) is -0.537. The molecule has 0 saturated heterocycles. The first-order valence-electron chi connectivity index (χ1n) is 8.01. The maximum Gasteiger partial charge on any atom is 0.322 e. The number of benzene rings is 1. The van der Waals surface area contributed by atoms with Crippen LogP contribution in [0.25, 0.3) is 10.9 Å². The molecule has 1 unspecified atom stereocenters. The van der Waals surface area contributed by atoms with Gasteiger partial charge < -0.3 is 20.3 Å². The zero-order valence-electron chi connectivity index (χ0n) is 14.0. The lowest BCUT2D eigenvalue weighted by Crippen LogP contribution is -2.39. The van der Waals surface area contributed by atoms with E-state index in [9.17, 15) is 19.5 Å². The minimum Gasteiger partial charge on any atom is -0.506 e. The van der Waals surface area contributed by atoms with E-state index < -0.39 is 41.3 Å². The van der Waals surface area contributed by atoms with E-state index in [0.29, 0.717) is 15.7 Å². The quantitative estimate of drug-likeness (QED) is 0.534. The highest BCUT2D eigenvalue weighted by molar-refractivity contribution is 9.10. The summed E-state index contributed by atoms with van der Waals surface area (Å²) in [7, 11) is 0. The molecule has 3 heterocycles. The molecule has 1 aliphatic heterocycles. The van der Waals surface area contributed by atoms with Crippen LogP contribution in [-0.2, 0) is 4.79 Å². The summed E-state index contributed by atoms with van der Waals surface area (Å²) in [5.74, 6) is -2.39. The SMILES string of the molecule is O=C(O)CNC(=O)c1c(O)c2c(Br)ccc3c2n(c1=O)C(c1cncs1)CO3. The van der Waals surface area contributed by atoms with Gasteiger partial charge in [0.1, 0.15) is 36.3 Å². The second-order valence-corrected chi connectivity index (χ2v) is 7.75. The number of carbonyl (C=O) groups excluding carboxylic acids is 1. The Morgan fingerprint density at radius 3 is 2.89 bits per heavy atom. The average molecular weight is 466 g/mol. The van der Waals surface area contributed by atoms with Gasteiger partial charge in [-0.25, -0.2) is 0 Å². The summed E-state index contributed by atoms with van der Waals surface area (Å²) in [6.07, 6.45) is 1.61. The topological polar surface area (TPSA) is 131 Å². The van der Waals surface area contributed by atoms with Crippen molar-refractivity contribution in [2.45, 2.75) is 6.04 Å². The number of carboxylic acid groups (broad SMARTS) is 1. The van der Waals surface area contributed by atoms with E-state index in [-0.39, 0.29) is 12.0 Å². The molecule has 0 radical (unpaired) electrons. The highest BCUT2D eigenvalue weighted by Gasteiger charge is 2.32. The third kappa shape index (κ3) is 2.83. The minimum absolute atomic E-state index is 0.146. The number of aromatic hydroxyl groups is 1. The fourth-order valence-electron chi connectivity index (χ4n) is 3.17. The summed E-state index contributed by atoms with van der Waals surface area (Å²) in [5, 5.41) is 21.9. The molecular weight excluding hydrogens is 454 g/mol. The second kappa shape index (κ2) is 6.91. The van der Waals surface area contributed by atoms with Crippen LogP contribution in [0, 0.1) is 0 Å². The van der Waals surface area contributed by atoms with Crippen LogP contribution in [0.15, 0.2) is 33.1 Å². The molecule has 0 fully saturated rings. The standard InChI is InChI=1S/C17H12BrN3O6S/c18-7-1-2-9-14-12(7)15(24)13(16(25)20-4-11(22)23)17(26)21(14)8(5-27-9)10-3-19-6-28-10/h1-3,6,8,24H,4-5H2,(H,20,25)(H,22,23). The van der Waals surface area contributed by atoms with Gasteiger partial charge in [0.05, 0.1) is 21.3 Å². The van der Waals surface area contributed by atoms with Crippen LogP contribution >= 0.6 is 27.3 Å². The average Bonchev–Trinajstić information content (AvgIpc) is 3.19. The Kier molecular flexibility index (Phi) is 4.55. The summed E-state index contributed by atoms with van der Waals surface area (Å²) in [4.78, 5) is 41.3. The van der Waals surface area contributed by atoms with Gasteiger partial charge in [0.2, 0.25) is 0 Å². The number of hydrogen-bond donors (Lipinski definition) is 3. The second-order valence-electron chi connectivity index (χ2n) is 5.97. The lowest BCUT2D eigenvalue weighted by Gasteiger charge is -2.28. The molecule has 28 heavy (non-hydrogen) atoms. The zero-order chi connectivity index (χ0) is 20.0. The molecule has 9 nitrogen and oxygen atoms in total. The number of thiazole rings is 1. The fraction of sp³-hybridized carbons (Fsp3) is 0.176. The number of rotatable bonds is 4. The summed E-state index contributed by atoms with van der Waals surface area (Å²) >= 11 is 4.67. The van der Waals surface area contributed by atoms with Crippen LogP contribution in [0.3, 0.4) is 0 Å². The molecule has 0 spiro atoms. The van der Waals surface area contributed by atoms with Crippen molar-refractivity contribution in [3.05, 3.63) is 49.1 Å². The van der Waals surface area contributed by atoms with Crippen molar-refractivity contribution >= 4 is 50.0 Å². The molecule has 0 bridgehead atoms. The number of nitrogens with zero attached hydrogens (tertiary/aromatic N) is 2. The van der Waals surface area contributed by atoms with Crippen molar-refractivity contribution < 1.29 is 24.5 Å². The smallest absolute Gasteiger partial charge is 0.322 e. The van der Waals surface area contributed by atoms with E-state index in [4.69, 9.17) is 9.84 Å². The monoisotopic (exact) mass is 465 g/mol. The molecule has 2 aromatic heterocycles. The van der Waals surface area contributed by atoms with E-state index >= 15 is 0 Å². The largest absolute Gasteiger partial charge is 0.506 e. The maximum absolute atomic E-state index is 13.2. The number of aromatic nitrogens is 2. The van der Waals surface area contributed by atoms with Crippen LogP contribution in [0.5, 0.6) is 11.5 Å². The molecule has 144 valence electrons. The highest BCUT2D eigenvalue weighted by atomic mass is 79.9. The van der Waals surface area contributed by atoms with Crippen molar-refractivity contribution in [1.29, 1.82) is 0 Å². The molecule has 4 rings (SSSR count). The van der Waals surface area contributed by atoms with Gasteiger partial charge in [-0.3, -0.25) is 23.9 Å². The Bertz CT molecular complexity index is 1170. The van der Waals surface area contributed by atoms with Crippen LogP contribution < -0.4 is 15.6 Å². The van der Waals surface area contributed by atoms with Crippen molar-refractivity contribution in [3.63, 3.8) is 0 Å². The number of aliphatic carboxylic acids is 1. The maximum atomic E-state index is 13.2.